The lowest BCUT2D eigenvalue weighted by Gasteiger charge is -2.30. The van der Waals surface area contributed by atoms with E-state index < -0.39 is 31.9 Å². The zero-order valence-electron chi connectivity index (χ0n) is 11.7. The second-order valence-corrected chi connectivity index (χ2v) is 8.26. The summed E-state index contributed by atoms with van der Waals surface area (Å²) in [7, 11) is -11.4. The van der Waals surface area contributed by atoms with E-state index in [1.54, 1.807) is 0 Å². The molecule has 1 heterocycles. The van der Waals surface area contributed by atoms with Crippen LogP contribution in [0.4, 0.5) is 13.2 Å². The van der Waals surface area contributed by atoms with Gasteiger partial charge in [-0.15, -0.1) is 0 Å². The summed E-state index contributed by atoms with van der Waals surface area (Å²) in [6, 6.07) is 0. The lowest BCUT2D eigenvalue weighted by atomic mass is 9.95. The molecular formula is C10H15F3NO7S2-. The number of nitrogens with zero attached hydrogens (tertiary/aromatic N) is 1. The molecule has 0 aromatic heterocycles. The van der Waals surface area contributed by atoms with Gasteiger partial charge in [0.15, 0.2) is 10.0 Å². The molecule has 1 unspecified atom stereocenters. The monoisotopic (exact) mass is 382 g/mol. The average Bonchev–Trinajstić information content (AvgIpc) is 3.18. The normalized spacial score (nSPS) is 29.4. The van der Waals surface area contributed by atoms with E-state index in [0.717, 1.165) is 0 Å². The Balaban J connectivity index is 1.80. The molecule has 2 rings (SSSR count). The second kappa shape index (κ2) is 6.80. The first kappa shape index (κ1) is 18.9. The number of hydrogen-bond donors (Lipinski definition) is 0. The van der Waals surface area contributed by atoms with E-state index in [1.807, 2.05) is 4.13 Å². The largest absolute Gasteiger partial charge is 0.480 e. The molecule has 1 aliphatic heterocycles. The van der Waals surface area contributed by atoms with Crippen LogP contribution < -0.4 is 0 Å². The number of epoxide rings is 1. The minimum atomic E-state index is -6.15. The number of sulfonamides is 1. The van der Waals surface area contributed by atoms with Gasteiger partial charge in [-0.25, -0.2) is 16.8 Å². The van der Waals surface area contributed by atoms with Crippen molar-refractivity contribution in [2.24, 2.45) is 0 Å². The number of alkyl halides is 3. The van der Waals surface area contributed by atoms with Gasteiger partial charge in [-0.2, -0.15) is 13.2 Å². The average molecular weight is 382 g/mol. The van der Waals surface area contributed by atoms with Crippen LogP contribution >= 0.6 is 0 Å². The third-order valence-electron chi connectivity index (χ3n) is 3.28. The zero-order valence-corrected chi connectivity index (χ0v) is 13.4. The maximum Gasteiger partial charge on any atom is 0.480 e. The molecule has 0 amide bonds. The summed E-state index contributed by atoms with van der Waals surface area (Å²) in [5.41, 5.74) is -5.79. The van der Waals surface area contributed by atoms with Crippen LogP contribution in [-0.4, -0.2) is 53.9 Å². The Morgan fingerprint density at radius 3 is 2.04 bits per heavy atom. The molecule has 1 saturated carbocycles. The maximum atomic E-state index is 12.1. The molecule has 1 atom stereocenters. The van der Waals surface area contributed by atoms with Gasteiger partial charge in [-0.1, -0.05) is 0 Å². The maximum absolute atomic E-state index is 12.1. The highest BCUT2D eigenvalue weighted by molar-refractivity contribution is 8.10. The van der Waals surface area contributed by atoms with E-state index in [1.165, 1.54) is 0 Å². The van der Waals surface area contributed by atoms with Gasteiger partial charge in [-0.3, -0.25) is 4.18 Å². The molecule has 8 nitrogen and oxygen atoms in total. The van der Waals surface area contributed by atoms with Crippen molar-refractivity contribution in [2.75, 3.05) is 13.2 Å². The molecular weight excluding hydrogens is 367 g/mol. The predicted molar refractivity (Wildman–Crippen MR) is 70.1 cm³/mol. The standard InChI is InChI=1S/C10H15F3NO7S2/c11-10(12,13)22(15,16)14-23(17,18)21-8-3-1-7(2-4-8)19-5-9-6-20-9/h7-9H,1-6H2/q-1. The van der Waals surface area contributed by atoms with Crippen LogP contribution in [0.3, 0.4) is 0 Å². The number of hydrogen-bond acceptors (Lipinski definition) is 7. The fourth-order valence-electron chi connectivity index (χ4n) is 2.05. The van der Waals surface area contributed by atoms with Gasteiger partial charge >= 0.3 is 5.51 Å². The van der Waals surface area contributed by atoms with Crippen molar-refractivity contribution < 1.29 is 43.7 Å². The molecule has 2 fully saturated rings. The molecule has 0 N–H and O–H groups in total. The molecule has 13 heteroatoms. The van der Waals surface area contributed by atoms with E-state index in [9.17, 15) is 30.0 Å². The Hall–Kier alpha value is -0.470. The van der Waals surface area contributed by atoms with Crippen LogP contribution in [0.2, 0.25) is 0 Å². The van der Waals surface area contributed by atoms with Gasteiger partial charge in [0.2, 0.25) is 10.3 Å². The second-order valence-electron chi connectivity index (χ2n) is 5.21. The van der Waals surface area contributed by atoms with E-state index in [0.29, 0.717) is 26.1 Å². The van der Waals surface area contributed by atoms with Crippen molar-refractivity contribution in [3.8, 4) is 0 Å². The molecule has 0 aromatic carbocycles. The van der Waals surface area contributed by atoms with E-state index in [-0.39, 0.29) is 25.0 Å². The number of halogens is 3. The predicted octanol–water partition coefficient (Wildman–Crippen LogP) is 1.20. The van der Waals surface area contributed by atoms with Gasteiger partial charge < -0.3 is 13.6 Å². The summed E-state index contributed by atoms with van der Waals surface area (Å²) in [6.07, 6.45) is 0.351. The summed E-state index contributed by atoms with van der Waals surface area (Å²) in [5.74, 6) is 0. The Labute approximate surface area is 131 Å². The first-order valence-corrected chi connectivity index (χ1v) is 9.51. The zero-order chi connectivity index (χ0) is 17.3. The summed E-state index contributed by atoms with van der Waals surface area (Å²) in [6.45, 7) is 1.08. The van der Waals surface area contributed by atoms with E-state index >= 15 is 0 Å². The van der Waals surface area contributed by atoms with Crippen molar-refractivity contribution in [1.82, 2.24) is 0 Å². The molecule has 136 valence electrons. The summed E-state index contributed by atoms with van der Waals surface area (Å²) in [4.78, 5) is 0. The summed E-state index contributed by atoms with van der Waals surface area (Å²) in [5, 5.41) is 0. The minimum Gasteiger partial charge on any atom is -0.404 e. The Kier molecular flexibility index (Phi) is 5.58. The summed E-state index contributed by atoms with van der Waals surface area (Å²) >= 11 is 0. The molecule has 0 bridgehead atoms. The molecule has 0 radical (unpaired) electrons. The lowest BCUT2D eigenvalue weighted by molar-refractivity contribution is -0.0425. The fourth-order valence-corrected chi connectivity index (χ4v) is 4.03. The first-order chi connectivity index (χ1) is 10.5. The highest BCUT2D eigenvalue weighted by Crippen LogP contribution is 2.32. The topological polar surface area (TPSA) is 113 Å². The molecule has 23 heavy (non-hydrogen) atoms. The van der Waals surface area contributed by atoms with E-state index in [2.05, 4.69) is 4.18 Å². The van der Waals surface area contributed by atoms with Gasteiger partial charge in [0.05, 0.1) is 25.4 Å². The van der Waals surface area contributed by atoms with Gasteiger partial charge in [0.25, 0.3) is 0 Å². The van der Waals surface area contributed by atoms with Crippen LogP contribution in [0.1, 0.15) is 25.7 Å². The van der Waals surface area contributed by atoms with Gasteiger partial charge in [0, 0.05) is 0 Å². The van der Waals surface area contributed by atoms with Gasteiger partial charge in [0.1, 0.15) is 6.10 Å². The van der Waals surface area contributed by atoms with Crippen molar-refractivity contribution in [2.45, 2.75) is 49.5 Å². The minimum absolute atomic E-state index is 0.0933. The lowest BCUT2D eigenvalue weighted by Crippen LogP contribution is -2.30. The Morgan fingerprint density at radius 1 is 1.04 bits per heavy atom. The SMILES string of the molecule is O=S(=O)([N-]S(=O)(=O)C(F)(F)F)OC1CCC(OCC2CO2)CC1. The third kappa shape index (κ3) is 5.83. The number of rotatable bonds is 7. The van der Waals surface area contributed by atoms with Crippen LogP contribution in [0.15, 0.2) is 0 Å². The van der Waals surface area contributed by atoms with Crippen molar-refractivity contribution in [3.63, 3.8) is 0 Å². The molecule has 1 saturated heterocycles. The summed E-state index contributed by atoms with van der Waals surface area (Å²) < 4.78 is 97.3. The van der Waals surface area contributed by atoms with Gasteiger partial charge in [-0.05, 0) is 25.7 Å². The smallest absolute Gasteiger partial charge is 0.404 e. The van der Waals surface area contributed by atoms with E-state index in [4.69, 9.17) is 9.47 Å². The highest BCUT2D eigenvalue weighted by Gasteiger charge is 2.41. The van der Waals surface area contributed by atoms with Crippen LogP contribution in [0.5, 0.6) is 0 Å². The third-order valence-corrected chi connectivity index (χ3v) is 5.90. The quantitative estimate of drug-likeness (QED) is 0.608. The molecule has 0 spiro atoms. The van der Waals surface area contributed by atoms with Crippen molar-refractivity contribution >= 4 is 20.3 Å². The molecule has 2 aliphatic rings. The fraction of sp³-hybridized carbons (Fsp3) is 1.00. The van der Waals surface area contributed by atoms with Crippen LogP contribution in [0.25, 0.3) is 4.13 Å². The van der Waals surface area contributed by atoms with Crippen LogP contribution in [0, 0.1) is 0 Å². The Bertz CT molecular complexity index is 607. The van der Waals surface area contributed by atoms with Crippen molar-refractivity contribution in [3.05, 3.63) is 4.13 Å². The molecule has 0 aromatic rings. The van der Waals surface area contributed by atoms with Crippen molar-refractivity contribution in [1.29, 1.82) is 0 Å². The Morgan fingerprint density at radius 2 is 1.57 bits per heavy atom. The number of ether oxygens (including phenoxy) is 2. The first-order valence-electron chi connectivity index (χ1n) is 6.70. The molecule has 1 aliphatic carbocycles. The highest BCUT2D eigenvalue weighted by atomic mass is 32.3. The van der Waals surface area contributed by atoms with Crippen LogP contribution in [-0.2, 0) is 34.0 Å².